The highest BCUT2D eigenvalue weighted by Gasteiger charge is 2.38. The van der Waals surface area contributed by atoms with Crippen molar-refractivity contribution in [1.29, 1.82) is 0 Å². The number of imide groups is 1. The molecular weight excluding hydrogens is 893 g/mol. The van der Waals surface area contributed by atoms with Crippen LogP contribution >= 0.6 is 33.3 Å². The topological polar surface area (TPSA) is 174 Å². The molecule has 0 radical (unpaired) electrons. The molecule has 0 saturated carbocycles. The monoisotopic (exact) mass is 987 g/mol. The summed E-state index contributed by atoms with van der Waals surface area (Å²) >= 11 is 1.54. The molecule has 0 aromatic carbocycles. The van der Waals surface area contributed by atoms with Crippen LogP contribution in [0, 0.1) is 27.1 Å². The van der Waals surface area contributed by atoms with E-state index in [1.165, 1.54) is 28.8 Å². The lowest BCUT2D eigenvalue weighted by atomic mass is 9.90. The lowest BCUT2D eigenvalue weighted by Gasteiger charge is -2.18. The number of amides is 2. The van der Waals surface area contributed by atoms with Crippen LogP contribution in [0.4, 0.5) is 0 Å². The molecule has 0 aliphatic carbocycles. The number of thioether (sulfide) groups is 1. The van der Waals surface area contributed by atoms with Crippen LogP contribution in [0.5, 0.6) is 0 Å². The first-order chi connectivity index (χ1) is 29.8. The number of aromatic nitrogens is 3. The quantitative estimate of drug-likeness (QED) is 0.0701. The largest absolute Gasteiger partial charge is 0.481 e. The Bertz CT molecular complexity index is 1590. The van der Waals surface area contributed by atoms with Gasteiger partial charge in [0.25, 0.3) is 0 Å². The molecule has 1 N–H and O–H groups in total. The van der Waals surface area contributed by atoms with Gasteiger partial charge in [-0.2, -0.15) is 0 Å². The van der Waals surface area contributed by atoms with Crippen molar-refractivity contribution >= 4 is 74.3 Å². The number of carboxylic acid groups (broad SMARTS) is 1. The molecule has 1 aliphatic rings. The summed E-state index contributed by atoms with van der Waals surface area (Å²) in [5.74, 6) is 2.96. The summed E-state index contributed by atoms with van der Waals surface area (Å²) < 4.78 is 1.81. The van der Waals surface area contributed by atoms with E-state index in [0.717, 1.165) is 62.3 Å². The van der Waals surface area contributed by atoms with Crippen LogP contribution < -0.4 is 0 Å². The minimum absolute atomic E-state index is 0.0150. The molecule has 12 nitrogen and oxygen atoms in total. The fraction of sp³-hybridized carbons (Fsp3) is 0.824. The number of carboxylic acids is 1. The molecule has 1 aromatic heterocycles. The molecule has 66 heavy (non-hydrogen) atoms. The van der Waals surface area contributed by atoms with Gasteiger partial charge in [-0.3, -0.25) is 28.8 Å². The van der Waals surface area contributed by atoms with Crippen molar-refractivity contribution in [2.45, 2.75) is 220 Å². The highest BCUT2D eigenvalue weighted by atomic mass is 33.1. The SMILES string of the molecule is CC(=O)CC(C)(C)C.CC(=O)CCC(C)(C)C.CC(=O)CCCSSCCC(C)(C)C.CC(=O)Cc1cn(CCC(C)(C)C)nn1.CC(C)(C)CCSC1CC(=O)N(CCCC(=O)O)C1=O. The van der Waals surface area contributed by atoms with Gasteiger partial charge in [-0.25, -0.2) is 0 Å². The summed E-state index contributed by atoms with van der Waals surface area (Å²) in [5, 5.41) is 16.2. The first kappa shape index (κ1) is 67.7. The number of Topliss-reactive ketones (excluding diaryl/α,β-unsaturated/α-hetero) is 4. The summed E-state index contributed by atoms with van der Waals surface area (Å²) in [6.45, 7) is 40.1. The maximum absolute atomic E-state index is 12.1. The number of hydrogen-bond donors (Lipinski definition) is 1. The van der Waals surface area contributed by atoms with Crippen molar-refractivity contribution in [3.8, 4) is 0 Å². The number of nitrogens with zero attached hydrogens (tertiary/aromatic N) is 4. The summed E-state index contributed by atoms with van der Waals surface area (Å²) in [5.41, 5.74) is 2.22. The third-order valence-electron chi connectivity index (χ3n) is 9.03. The van der Waals surface area contributed by atoms with Crippen LogP contribution in [-0.4, -0.2) is 95.0 Å². The number of hydrogen-bond acceptors (Lipinski definition) is 12. The van der Waals surface area contributed by atoms with E-state index in [4.69, 9.17) is 5.11 Å². The van der Waals surface area contributed by atoms with E-state index in [2.05, 4.69) is 114 Å². The Kier molecular flexibility index (Phi) is 34.8. The van der Waals surface area contributed by atoms with E-state index in [9.17, 15) is 33.6 Å². The predicted molar refractivity (Wildman–Crippen MR) is 280 cm³/mol. The average Bonchev–Trinajstić information content (AvgIpc) is 3.66. The van der Waals surface area contributed by atoms with Gasteiger partial charge in [0.15, 0.2) is 0 Å². The normalized spacial score (nSPS) is 14.1. The fourth-order valence-electron chi connectivity index (χ4n) is 5.29. The molecule has 2 heterocycles. The van der Waals surface area contributed by atoms with Gasteiger partial charge in [0.05, 0.1) is 17.4 Å². The van der Waals surface area contributed by atoms with E-state index in [0.29, 0.717) is 47.1 Å². The zero-order valence-corrected chi connectivity index (χ0v) is 47.4. The molecule has 0 spiro atoms. The average molecular weight is 988 g/mol. The number of ketones is 4. The van der Waals surface area contributed by atoms with Gasteiger partial charge in [0, 0.05) is 62.9 Å². The van der Waals surface area contributed by atoms with Crippen LogP contribution in [0.3, 0.4) is 0 Å². The second-order valence-electron chi connectivity index (χ2n) is 23.4. The maximum Gasteiger partial charge on any atom is 0.303 e. The Balaban J connectivity index is -0.000000781. The van der Waals surface area contributed by atoms with Crippen LogP contribution in [0.2, 0.25) is 0 Å². The van der Waals surface area contributed by atoms with E-state index in [1.807, 2.05) is 32.5 Å². The standard InChI is InChI=1S/C14H23NO4S.C11H19N3O.C11H22OS2.C8H16O.C7H14O/c1-14(2,3)6-8-20-10-9-11(16)15(13(10)19)7-4-5-12(17)18;1-9(15)7-10-8-14(13-12-10)6-5-11(2,3)4;1-10(12)6-5-8-13-14-9-7-11(2,3)4;1-7(9)5-6-8(2,3)4;1-6(8)5-7(2,3)4/h10H,4-9H2,1-3H3,(H,17,18);8H,5-7H2,1-4H3;5-9H2,1-4H3;5-6H2,1-4H3;5H2,1-4H3. The zero-order chi connectivity index (χ0) is 52.1. The van der Waals surface area contributed by atoms with Crippen molar-refractivity contribution in [2.24, 2.45) is 27.1 Å². The fourth-order valence-corrected chi connectivity index (χ4v) is 9.34. The molecule has 384 valence electrons. The second-order valence-corrected chi connectivity index (χ2v) is 27.4. The molecule has 1 unspecified atom stereocenters. The smallest absolute Gasteiger partial charge is 0.303 e. The minimum Gasteiger partial charge on any atom is -0.481 e. The van der Waals surface area contributed by atoms with E-state index >= 15 is 0 Å². The number of rotatable bonds is 21. The van der Waals surface area contributed by atoms with Gasteiger partial charge in [0.1, 0.15) is 23.1 Å². The highest BCUT2D eigenvalue weighted by molar-refractivity contribution is 8.76. The Morgan fingerprint density at radius 1 is 0.606 bits per heavy atom. The van der Waals surface area contributed by atoms with Gasteiger partial charge in [-0.05, 0) is 99.0 Å². The van der Waals surface area contributed by atoms with Crippen LogP contribution in [0.15, 0.2) is 6.20 Å². The minimum atomic E-state index is -0.903. The number of likely N-dealkylation sites (tertiary alicyclic amines) is 1. The predicted octanol–water partition coefficient (Wildman–Crippen LogP) is 12.6. The van der Waals surface area contributed by atoms with Crippen molar-refractivity contribution in [3.05, 3.63) is 11.9 Å². The second kappa shape index (κ2) is 33.9. The number of aliphatic carboxylic acids is 1. The van der Waals surface area contributed by atoms with Crippen molar-refractivity contribution < 1.29 is 38.7 Å². The Labute approximate surface area is 414 Å². The lowest BCUT2D eigenvalue weighted by molar-refractivity contribution is -0.141. The number of carbonyl (C=O) groups is 7. The Morgan fingerprint density at radius 3 is 1.52 bits per heavy atom. The molecular formula is C51H94N4O8S3. The molecule has 1 aliphatic heterocycles. The van der Waals surface area contributed by atoms with Crippen LogP contribution in [0.1, 0.15) is 208 Å². The lowest BCUT2D eigenvalue weighted by Crippen LogP contribution is -2.32. The van der Waals surface area contributed by atoms with Gasteiger partial charge >= 0.3 is 5.97 Å². The van der Waals surface area contributed by atoms with Crippen molar-refractivity contribution in [2.75, 3.05) is 23.8 Å². The number of aryl methyl sites for hydroxylation is 1. The Morgan fingerprint density at radius 2 is 1.11 bits per heavy atom. The van der Waals surface area contributed by atoms with E-state index in [-0.39, 0.29) is 58.8 Å². The molecule has 2 amide bonds. The summed E-state index contributed by atoms with van der Waals surface area (Å²) in [4.78, 5) is 78.0. The van der Waals surface area contributed by atoms with Gasteiger partial charge in [-0.15, -0.1) is 16.9 Å². The van der Waals surface area contributed by atoms with Gasteiger partial charge in [0.2, 0.25) is 11.8 Å². The first-order valence-electron chi connectivity index (χ1n) is 23.6. The number of carbonyl (C=O) groups excluding carboxylic acids is 6. The molecule has 1 aromatic rings. The molecule has 1 atom stereocenters. The Hall–Kier alpha value is -2.52. The summed E-state index contributed by atoms with van der Waals surface area (Å²) in [6.07, 6.45) is 10.3. The zero-order valence-electron chi connectivity index (χ0n) is 45.0. The first-order valence-corrected chi connectivity index (χ1v) is 27.1. The molecule has 0 bridgehead atoms. The summed E-state index contributed by atoms with van der Waals surface area (Å²) in [7, 11) is 3.84. The molecule has 15 heteroatoms. The summed E-state index contributed by atoms with van der Waals surface area (Å²) in [6, 6.07) is 0. The van der Waals surface area contributed by atoms with E-state index in [1.54, 1.807) is 27.7 Å². The highest BCUT2D eigenvalue weighted by Crippen LogP contribution is 2.30. The molecule has 1 saturated heterocycles. The van der Waals surface area contributed by atoms with Gasteiger partial charge in [-0.1, -0.05) is 131 Å². The maximum atomic E-state index is 12.1. The third kappa shape index (κ3) is 49.4. The molecule has 2 rings (SSSR count). The van der Waals surface area contributed by atoms with Gasteiger partial charge < -0.3 is 19.5 Å². The van der Waals surface area contributed by atoms with Crippen LogP contribution in [0.25, 0.3) is 0 Å². The third-order valence-corrected chi connectivity index (χ3v) is 12.7. The van der Waals surface area contributed by atoms with E-state index < -0.39 is 5.97 Å². The molecule has 1 fully saturated rings. The van der Waals surface area contributed by atoms with Crippen molar-refractivity contribution in [1.82, 2.24) is 19.9 Å². The van der Waals surface area contributed by atoms with Crippen molar-refractivity contribution in [3.63, 3.8) is 0 Å². The van der Waals surface area contributed by atoms with Crippen LogP contribution in [-0.2, 0) is 46.5 Å².